The zero-order valence-corrected chi connectivity index (χ0v) is 18.5. The molecule has 0 aliphatic carbocycles. The number of carbonyl (C=O) groups is 1. The molecular formula is C20H17I2NO3. The molecule has 3 rings (SSSR count). The topological polar surface area (TPSA) is 47.9 Å². The lowest BCUT2D eigenvalue weighted by atomic mass is 10.2. The van der Waals surface area contributed by atoms with Crippen LogP contribution in [0, 0.1) is 7.14 Å². The van der Waals surface area contributed by atoms with Crippen molar-refractivity contribution in [2.75, 3.05) is 6.61 Å². The number of unbranched alkanes of at least 4 members (excludes halogenated alkanes) is 1. The zero-order valence-electron chi connectivity index (χ0n) is 14.2. The molecule has 0 radical (unpaired) electrons. The monoisotopic (exact) mass is 573 g/mol. The highest BCUT2D eigenvalue weighted by atomic mass is 127. The van der Waals surface area contributed by atoms with Gasteiger partial charge in [0.05, 0.1) is 13.7 Å². The lowest BCUT2D eigenvalue weighted by Crippen LogP contribution is -2.05. The second kappa shape index (κ2) is 8.98. The van der Waals surface area contributed by atoms with Gasteiger partial charge in [0.1, 0.15) is 5.75 Å². The normalized spacial score (nSPS) is 15.1. The molecule has 6 heteroatoms. The summed E-state index contributed by atoms with van der Waals surface area (Å²) in [5.74, 6) is 0.798. The summed E-state index contributed by atoms with van der Waals surface area (Å²) in [7, 11) is 0. The average molecular weight is 573 g/mol. The molecule has 0 saturated heterocycles. The van der Waals surface area contributed by atoms with Crippen LogP contribution in [0.4, 0.5) is 0 Å². The fraction of sp³-hybridized carbons (Fsp3) is 0.200. The lowest BCUT2D eigenvalue weighted by Gasteiger charge is -2.11. The standard InChI is InChI=1S/C20H17I2NO3/c1-2-3-9-25-18-15(21)10-13(11-16(18)22)12-17-20(24)26-19(23-17)14-7-5-4-6-8-14/h4-8,10-12H,2-3,9H2,1H3/b17-12-. The number of hydrogen-bond donors (Lipinski definition) is 0. The summed E-state index contributed by atoms with van der Waals surface area (Å²) in [4.78, 5) is 16.5. The van der Waals surface area contributed by atoms with E-state index in [4.69, 9.17) is 9.47 Å². The predicted molar refractivity (Wildman–Crippen MR) is 119 cm³/mol. The Morgan fingerprint density at radius 2 is 1.85 bits per heavy atom. The van der Waals surface area contributed by atoms with E-state index < -0.39 is 5.97 Å². The molecule has 2 aromatic rings. The second-order valence-electron chi connectivity index (χ2n) is 5.72. The molecule has 0 atom stereocenters. The maximum atomic E-state index is 12.1. The number of benzene rings is 2. The van der Waals surface area contributed by atoms with Gasteiger partial charge in [-0.15, -0.1) is 0 Å². The van der Waals surface area contributed by atoms with Crippen molar-refractivity contribution < 1.29 is 14.3 Å². The highest BCUT2D eigenvalue weighted by Gasteiger charge is 2.24. The highest BCUT2D eigenvalue weighted by Crippen LogP contribution is 2.30. The van der Waals surface area contributed by atoms with E-state index in [1.165, 1.54) is 0 Å². The Morgan fingerprint density at radius 3 is 2.50 bits per heavy atom. The molecule has 1 heterocycles. The summed E-state index contributed by atoms with van der Waals surface area (Å²) in [6.07, 6.45) is 3.88. The van der Waals surface area contributed by atoms with Gasteiger partial charge in [0.15, 0.2) is 5.70 Å². The van der Waals surface area contributed by atoms with Crippen LogP contribution in [0.1, 0.15) is 30.9 Å². The first-order valence-electron chi connectivity index (χ1n) is 8.28. The van der Waals surface area contributed by atoms with Crippen LogP contribution in [-0.4, -0.2) is 18.5 Å². The molecule has 2 aromatic carbocycles. The summed E-state index contributed by atoms with van der Waals surface area (Å²) in [6.45, 7) is 2.85. The fourth-order valence-corrected chi connectivity index (χ4v) is 4.52. The second-order valence-corrected chi connectivity index (χ2v) is 8.04. The van der Waals surface area contributed by atoms with Gasteiger partial charge in [-0.25, -0.2) is 9.79 Å². The number of halogens is 2. The number of hydrogen-bond acceptors (Lipinski definition) is 4. The van der Waals surface area contributed by atoms with Crippen LogP contribution in [0.2, 0.25) is 0 Å². The van der Waals surface area contributed by atoms with Crippen LogP contribution in [0.5, 0.6) is 5.75 Å². The van der Waals surface area contributed by atoms with Crippen molar-refractivity contribution in [3.05, 3.63) is 66.4 Å². The SMILES string of the molecule is CCCCOc1c(I)cc(/C=C2\N=C(c3ccccc3)OC2=O)cc1I. The molecule has 0 saturated carbocycles. The van der Waals surface area contributed by atoms with Crippen LogP contribution < -0.4 is 4.74 Å². The maximum absolute atomic E-state index is 12.1. The average Bonchev–Trinajstić information content (AvgIpc) is 2.99. The number of nitrogens with zero attached hydrogens (tertiary/aromatic N) is 1. The number of aliphatic imine (C=N–C) groups is 1. The molecule has 0 aromatic heterocycles. The van der Waals surface area contributed by atoms with Crippen LogP contribution >= 0.6 is 45.2 Å². The molecule has 1 aliphatic heterocycles. The predicted octanol–water partition coefficient (Wildman–Crippen LogP) is 5.42. The first kappa shape index (κ1) is 19.3. The Morgan fingerprint density at radius 1 is 1.15 bits per heavy atom. The first-order valence-corrected chi connectivity index (χ1v) is 10.4. The highest BCUT2D eigenvalue weighted by molar-refractivity contribution is 14.1. The van der Waals surface area contributed by atoms with E-state index in [0.717, 1.165) is 36.9 Å². The smallest absolute Gasteiger partial charge is 0.363 e. The minimum atomic E-state index is -0.433. The Kier molecular flexibility index (Phi) is 6.68. The van der Waals surface area contributed by atoms with E-state index in [1.807, 2.05) is 42.5 Å². The van der Waals surface area contributed by atoms with E-state index in [-0.39, 0.29) is 0 Å². The number of cyclic esters (lactones) is 1. The maximum Gasteiger partial charge on any atom is 0.363 e. The van der Waals surface area contributed by atoms with Crippen molar-refractivity contribution >= 4 is 63.1 Å². The molecule has 1 aliphatic rings. The van der Waals surface area contributed by atoms with E-state index in [2.05, 4.69) is 57.1 Å². The van der Waals surface area contributed by atoms with Crippen molar-refractivity contribution in [3.63, 3.8) is 0 Å². The van der Waals surface area contributed by atoms with E-state index in [1.54, 1.807) is 6.08 Å². The zero-order chi connectivity index (χ0) is 18.5. The molecule has 0 fully saturated rings. The third kappa shape index (κ3) is 4.64. The van der Waals surface area contributed by atoms with Gasteiger partial charge in [0.25, 0.3) is 0 Å². The number of esters is 1. The van der Waals surface area contributed by atoms with Crippen molar-refractivity contribution in [2.24, 2.45) is 4.99 Å². The van der Waals surface area contributed by atoms with Gasteiger partial charge >= 0.3 is 5.97 Å². The molecule has 134 valence electrons. The summed E-state index contributed by atoms with van der Waals surface area (Å²) in [5.41, 5.74) is 1.98. The van der Waals surface area contributed by atoms with Crippen LogP contribution in [0.25, 0.3) is 6.08 Å². The largest absolute Gasteiger partial charge is 0.491 e. The van der Waals surface area contributed by atoms with Crippen LogP contribution in [0.15, 0.2) is 53.2 Å². The van der Waals surface area contributed by atoms with E-state index >= 15 is 0 Å². The number of carbonyl (C=O) groups excluding carboxylic acids is 1. The molecule has 4 nitrogen and oxygen atoms in total. The molecule has 0 bridgehead atoms. The Bertz CT molecular complexity index is 853. The molecular weight excluding hydrogens is 556 g/mol. The molecule has 0 N–H and O–H groups in total. The van der Waals surface area contributed by atoms with Crippen LogP contribution in [0.3, 0.4) is 0 Å². The number of ether oxygens (including phenoxy) is 2. The van der Waals surface area contributed by atoms with Crippen molar-refractivity contribution in [1.82, 2.24) is 0 Å². The van der Waals surface area contributed by atoms with Gasteiger partial charge in [-0.2, -0.15) is 0 Å². The quantitative estimate of drug-likeness (QED) is 0.201. The third-order valence-corrected chi connectivity index (χ3v) is 5.31. The minimum absolute atomic E-state index is 0.301. The molecule has 0 unspecified atom stereocenters. The Balaban J connectivity index is 1.85. The Hall–Kier alpha value is -1.42. The summed E-state index contributed by atoms with van der Waals surface area (Å²) >= 11 is 4.52. The fourth-order valence-electron chi connectivity index (χ4n) is 2.39. The summed E-state index contributed by atoms with van der Waals surface area (Å²) < 4.78 is 13.2. The van der Waals surface area contributed by atoms with Gasteiger partial charge in [-0.1, -0.05) is 31.5 Å². The van der Waals surface area contributed by atoms with Gasteiger partial charge < -0.3 is 9.47 Å². The van der Waals surface area contributed by atoms with E-state index in [0.29, 0.717) is 18.2 Å². The number of rotatable bonds is 6. The first-order chi connectivity index (χ1) is 12.6. The van der Waals surface area contributed by atoms with Gasteiger partial charge in [-0.05, 0) is 87.5 Å². The third-order valence-electron chi connectivity index (χ3n) is 3.71. The Labute approximate surface area is 180 Å². The van der Waals surface area contributed by atoms with Crippen molar-refractivity contribution in [1.29, 1.82) is 0 Å². The summed E-state index contributed by atoms with van der Waals surface area (Å²) in [5, 5.41) is 0. The van der Waals surface area contributed by atoms with Crippen molar-refractivity contribution in [3.8, 4) is 5.75 Å². The van der Waals surface area contributed by atoms with Crippen molar-refractivity contribution in [2.45, 2.75) is 19.8 Å². The van der Waals surface area contributed by atoms with Gasteiger partial charge in [0.2, 0.25) is 5.90 Å². The summed E-state index contributed by atoms with van der Waals surface area (Å²) in [6, 6.07) is 13.4. The molecule has 26 heavy (non-hydrogen) atoms. The van der Waals surface area contributed by atoms with Gasteiger partial charge in [-0.3, -0.25) is 0 Å². The molecule has 0 spiro atoms. The lowest BCUT2D eigenvalue weighted by molar-refractivity contribution is -0.129. The van der Waals surface area contributed by atoms with E-state index in [9.17, 15) is 4.79 Å². The minimum Gasteiger partial charge on any atom is -0.491 e. The van der Waals surface area contributed by atoms with Crippen LogP contribution in [-0.2, 0) is 9.53 Å². The van der Waals surface area contributed by atoms with Gasteiger partial charge in [0, 0.05) is 5.56 Å². The molecule has 0 amide bonds.